The van der Waals surface area contributed by atoms with E-state index in [0.29, 0.717) is 5.92 Å². The average molecular weight is 234 g/mol. The van der Waals surface area contributed by atoms with Crippen molar-refractivity contribution in [1.82, 2.24) is 5.32 Å². The molecule has 0 aliphatic heterocycles. The number of amides is 1. The van der Waals surface area contributed by atoms with Crippen LogP contribution in [0.3, 0.4) is 0 Å². The third-order valence-electron chi connectivity index (χ3n) is 2.56. The first-order chi connectivity index (χ1) is 8.08. The van der Waals surface area contributed by atoms with Crippen LogP contribution in [0.15, 0.2) is 24.3 Å². The van der Waals surface area contributed by atoms with Crippen molar-refractivity contribution in [2.45, 2.75) is 26.7 Å². The second-order valence-electron chi connectivity index (χ2n) is 4.81. The van der Waals surface area contributed by atoms with Crippen molar-refractivity contribution in [3.8, 4) is 0 Å². The summed E-state index contributed by atoms with van der Waals surface area (Å²) in [5.41, 5.74) is 7.71. The molecule has 3 nitrogen and oxygen atoms in total. The molecule has 1 aromatic carbocycles. The Kier molecular flexibility index (Phi) is 5.70. The van der Waals surface area contributed by atoms with Crippen LogP contribution in [0.5, 0.6) is 0 Å². The zero-order valence-electron chi connectivity index (χ0n) is 10.7. The van der Waals surface area contributed by atoms with Gasteiger partial charge in [-0.05, 0) is 36.4 Å². The van der Waals surface area contributed by atoms with Gasteiger partial charge >= 0.3 is 0 Å². The predicted octanol–water partition coefficient (Wildman–Crippen LogP) is 1.50. The van der Waals surface area contributed by atoms with Crippen LogP contribution in [0.25, 0.3) is 0 Å². The fourth-order valence-corrected chi connectivity index (χ4v) is 1.76. The number of benzene rings is 1. The average Bonchev–Trinajstić information content (AvgIpc) is 2.25. The number of carbonyl (C=O) groups is 1. The summed E-state index contributed by atoms with van der Waals surface area (Å²) in [5, 5.41) is 3.01. The van der Waals surface area contributed by atoms with Crippen LogP contribution in [-0.4, -0.2) is 19.0 Å². The topological polar surface area (TPSA) is 55.1 Å². The molecule has 0 unspecified atom stereocenters. The van der Waals surface area contributed by atoms with E-state index in [2.05, 4.69) is 43.4 Å². The number of nitrogens with one attached hydrogen (secondary N) is 1. The van der Waals surface area contributed by atoms with Gasteiger partial charge in [-0.25, -0.2) is 0 Å². The molecular formula is C14H22N2O. The molecule has 3 N–H and O–H groups in total. The lowest BCUT2D eigenvalue weighted by atomic mass is 10.0. The first-order valence-corrected chi connectivity index (χ1v) is 6.14. The quantitative estimate of drug-likeness (QED) is 0.702. The Morgan fingerprint density at radius 3 is 2.35 bits per heavy atom. The summed E-state index contributed by atoms with van der Waals surface area (Å²) >= 11 is 0. The molecule has 3 heteroatoms. The van der Waals surface area contributed by atoms with Crippen LogP contribution < -0.4 is 11.1 Å². The minimum Gasteiger partial charge on any atom is -0.369 e. The van der Waals surface area contributed by atoms with Gasteiger partial charge in [0.05, 0.1) is 6.54 Å². The summed E-state index contributed by atoms with van der Waals surface area (Å²) in [4.78, 5) is 10.5. The molecule has 0 aliphatic rings. The molecule has 0 fully saturated rings. The molecule has 94 valence electrons. The molecule has 0 radical (unpaired) electrons. The summed E-state index contributed by atoms with van der Waals surface area (Å²) in [6.07, 6.45) is 2.05. The second kappa shape index (κ2) is 7.07. The normalized spacial score (nSPS) is 10.8. The van der Waals surface area contributed by atoms with E-state index in [9.17, 15) is 4.79 Å². The molecule has 1 rings (SSSR count). The number of carbonyl (C=O) groups excluding carboxylic acids is 1. The number of rotatable bonds is 7. The van der Waals surface area contributed by atoms with Crippen molar-refractivity contribution in [3.05, 3.63) is 35.4 Å². The van der Waals surface area contributed by atoms with Crippen molar-refractivity contribution in [1.29, 1.82) is 0 Å². The number of hydrogen-bond acceptors (Lipinski definition) is 2. The first kappa shape index (κ1) is 13.7. The molecule has 17 heavy (non-hydrogen) atoms. The zero-order chi connectivity index (χ0) is 12.7. The molecule has 1 amide bonds. The maximum atomic E-state index is 10.5. The molecule has 0 aromatic heterocycles. The lowest BCUT2D eigenvalue weighted by molar-refractivity contribution is -0.117. The van der Waals surface area contributed by atoms with Crippen LogP contribution >= 0.6 is 0 Å². The Morgan fingerprint density at radius 1 is 1.24 bits per heavy atom. The smallest absolute Gasteiger partial charge is 0.231 e. The summed E-state index contributed by atoms with van der Waals surface area (Å²) < 4.78 is 0. The molecule has 0 aliphatic carbocycles. The Balaban J connectivity index is 2.32. The monoisotopic (exact) mass is 234 g/mol. The number of primary amides is 1. The molecule has 0 bridgehead atoms. The lowest BCUT2D eigenvalue weighted by Crippen LogP contribution is -2.29. The van der Waals surface area contributed by atoms with Gasteiger partial charge < -0.3 is 11.1 Å². The standard InChI is InChI=1S/C14H22N2O/c1-11(2)9-13-5-3-12(4-6-13)7-8-16-10-14(15)17/h3-6,11,16H,7-10H2,1-2H3,(H2,15,17). The third kappa shape index (κ3) is 6.07. The van der Waals surface area contributed by atoms with Crippen molar-refractivity contribution >= 4 is 5.91 Å². The Bertz CT molecular complexity index is 344. The predicted molar refractivity (Wildman–Crippen MR) is 70.8 cm³/mol. The van der Waals surface area contributed by atoms with E-state index in [0.717, 1.165) is 19.4 Å². The van der Waals surface area contributed by atoms with Gasteiger partial charge in [0.1, 0.15) is 0 Å². The fourth-order valence-electron chi connectivity index (χ4n) is 1.76. The van der Waals surface area contributed by atoms with Gasteiger partial charge in [-0.2, -0.15) is 0 Å². The van der Waals surface area contributed by atoms with Gasteiger partial charge in [0.25, 0.3) is 0 Å². The van der Waals surface area contributed by atoms with Gasteiger partial charge in [-0.15, -0.1) is 0 Å². The first-order valence-electron chi connectivity index (χ1n) is 6.14. The molecule has 0 spiro atoms. The van der Waals surface area contributed by atoms with E-state index in [-0.39, 0.29) is 12.5 Å². The third-order valence-corrected chi connectivity index (χ3v) is 2.56. The van der Waals surface area contributed by atoms with Crippen LogP contribution in [-0.2, 0) is 17.6 Å². The van der Waals surface area contributed by atoms with Crippen molar-refractivity contribution in [2.24, 2.45) is 11.7 Å². The molecule has 0 atom stereocenters. The van der Waals surface area contributed by atoms with E-state index >= 15 is 0 Å². The van der Waals surface area contributed by atoms with E-state index in [1.165, 1.54) is 11.1 Å². The van der Waals surface area contributed by atoms with Gasteiger partial charge in [-0.3, -0.25) is 4.79 Å². The molecule has 1 aromatic rings. The van der Waals surface area contributed by atoms with Gasteiger partial charge in [0, 0.05) is 0 Å². The SMILES string of the molecule is CC(C)Cc1ccc(CCNCC(N)=O)cc1. The largest absolute Gasteiger partial charge is 0.369 e. The minimum atomic E-state index is -0.308. The molecule has 0 saturated heterocycles. The highest BCUT2D eigenvalue weighted by molar-refractivity contribution is 5.75. The Morgan fingerprint density at radius 2 is 1.82 bits per heavy atom. The molecular weight excluding hydrogens is 212 g/mol. The van der Waals surface area contributed by atoms with Crippen LogP contribution in [0.1, 0.15) is 25.0 Å². The van der Waals surface area contributed by atoms with Crippen LogP contribution in [0.2, 0.25) is 0 Å². The maximum Gasteiger partial charge on any atom is 0.231 e. The zero-order valence-corrected chi connectivity index (χ0v) is 10.7. The summed E-state index contributed by atoms with van der Waals surface area (Å²) in [6, 6.07) is 8.68. The summed E-state index contributed by atoms with van der Waals surface area (Å²) in [7, 11) is 0. The van der Waals surface area contributed by atoms with E-state index < -0.39 is 0 Å². The van der Waals surface area contributed by atoms with Crippen molar-refractivity contribution in [2.75, 3.05) is 13.1 Å². The number of nitrogens with two attached hydrogens (primary N) is 1. The van der Waals surface area contributed by atoms with Gasteiger partial charge in [-0.1, -0.05) is 38.1 Å². The Hall–Kier alpha value is -1.35. The lowest BCUT2D eigenvalue weighted by Gasteiger charge is -2.07. The van der Waals surface area contributed by atoms with E-state index in [1.54, 1.807) is 0 Å². The highest BCUT2D eigenvalue weighted by Crippen LogP contribution is 2.09. The van der Waals surface area contributed by atoms with Gasteiger partial charge in [0.2, 0.25) is 5.91 Å². The van der Waals surface area contributed by atoms with Crippen LogP contribution in [0.4, 0.5) is 0 Å². The van der Waals surface area contributed by atoms with E-state index in [4.69, 9.17) is 5.73 Å². The number of hydrogen-bond donors (Lipinski definition) is 2. The fraction of sp³-hybridized carbons (Fsp3) is 0.500. The summed E-state index contributed by atoms with van der Waals surface area (Å²) in [6.45, 7) is 5.49. The van der Waals surface area contributed by atoms with Crippen LogP contribution in [0, 0.1) is 5.92 Å². The second-order valence-corrected chi connectivity index (χ2v) is 4.81. The Labute approximate surface area is 103 Å². The van der Waals surface area contributed by atoms with Crippen molar-refractivity contribution in [3.63, 3.8) is 0 Å². The maximum absolute atomic E-state index is 10.5. The highest BCUT2D eigenvalue weighted by atomic mass is 16.1. The molecule has 0 saturated carbocycles. The highest BCUT2D eigenvalue weighted by Gasteiger charge is 1.99. The minimum absolute atomic E-state index is 0.255. The van der Waals surface area contributed by atoms with Gasteiger partial charge in [0.15, 0.2) is 0 Å². The molecule has 0 heterocycles. The summed E-state index contributed by atoms with van der Waals surface area (Å²) in [5.74, 6) is 0.385. The van der Waals surface area contributed by atoms with Crippen molar-refractivity contribution < 1.29 is 4.79 Å². The van der Waals surface area contributed by atoms with E-state index in [1.807, 2.05) is 0 Å².